The number of rotatable bonds is 3. The van der Waals surface area contributed by atoms with Gasteiger partial charge in [-0.15, -0.1) is 0 Å². The molecule has 0 unspecified atom stereocenters. The second-order valence-electron chi connectivity index (χ2n) is 4.02. The molecule has 5 heteroatoms. The van der Waals surface area contributed by atoms with E-state index in [-0.39, 0.29) is 0 Å². The van der Waals surface area contributed by atoms with Gasteiger partial charge in [0.15, 0.2) is 6.10 Å². The van der Waals surface area contributed by atoms with E-state index in [1.807, 2.05) is 29.2 Å². The van der Waals surface area contributed by atoms with Crippen LogP contribution in [0.1, 0.15) is 5.56 Å². The number of halogens is 1. The molecule has 1 heterocycles. The molecule has 0 spiro atoms. The lowest BCUT2D eigenvalue weighted by Gasteiger charge is -2.30. The average Bonchev–Trinajstić information content (AvgIpc) is 2.32. The van der Waals surface area contributed by atoms with Crippen molar-refractivity contribution in [3.8, 4) is 0 Å². The summed E-state index contributed by atoms with van der Waals surface area (Å²) in [5.74, 6) is -0.908. The summed E-state index contributed by atoms with van der Waals surface area (Å²) in [7, 11) is 0. The Labute approximate surface area is 105 Å². The number of carboxylic acids is 1. The number of hydrogen-bond donors (Lipinski definition) is 1. The van der Waals surface area contributed by atoms with Crippen LogP contribution in [-0.4, -0.2) is 41.8 Å². The molecule has 1 aromatic rings. The van der Waals surface area contributed by atoms with Crippen molar-refractivity contribution in [3.63, 3.8) is 0 Å². The van der Waals surface area contributed by atoms with E-state index in [0.29, 0.717) is 24.7 Å². The highest BCUT2D eigenvalue weighted by Gasteiger charge is 2.26. The molecule has 0 radical (unpaired) electrons. The molecular weight excluding hydrogens is 242 g/mol. The molecule has 1 saturated heterocycles. The van der Waals surface area contributed by atoms with E-state index < -0.39 is 12.1 Å². The zero-order chi connectivity index (χ0) is 12.3. The Morgan fingerprint density at radius 1 is 1.53 bits per heavy atom. The maximum absolute atomic E-state index is 10.8. The summed E-state index contributed by atoms with van der Waals surface area (Å²) in [6.45, 7) is 2.24. The lowest BCUT2D eigenvalue weighted by atomic mass is 10.2. The third kappa shape index (κ3) is 3.19. The van der Waals surface area contributed by atoms with Crippen LogP contribution in [0.3, 0.4) is 0 Å². The maximum Gasteiger partial charge on any atom is 0.334 e. The fourth-order valence-electron chi connectivity index (χ4n) is 1.86. The van der Waals surface area contributed by atoms with E-state index in [4.69, 9.17) is 21.4 Å². The first-order valence-electron chi connectivity index (χ1n) is 5.47. The van der Waals surface area contributed by atoms with E-state index in [1.165, 1.54) is 0 Å². The monoisotopic (exact) mass is 255 g/mol. The third-order valence-electron chi connectivity index (χ3n) is 2.78. The van der Waals surface area contributed by atoms with Crippen LogP contribution in [0.15, 0.2) is 24.3 Å². The van der Waals surface area contributed by atoms with Crippen molar-refractivity contribution >= 4 is 17.6 Å². The van der Waals surface area contributed by atoms with Crippen LogP contribution in [0.25, 0.3) is 0 Å². The summed E-state index contributed by atoms with van der Waals surface area (Å²) < 4.78 is 5.16. The molecule has 92 valence electrons. The highest BCUT2D eigenvalue weighted by molar-refractivity contribution is 6.31. The topological polar surface area (TPSA) is 49.8 Å². The molecule has 0 aromatic heterocycles. The van der Waals surface area contributed by atoms with E-state index in [1.54, 1.807) is 0 Å². The Bertz CT molecular complexity index is 410. The van der Waals surface area contributed by atoms with Gasteiger partial charge in [0.25, 0.3) is 0 Å². The van der Waals surface area contributed by atoms with Gasteiger partial charge in [-0.3, -0.25) is 4.90 Å². The lowest BCUT2D eigenvalue weighted by Crippen LogP contribution is -2.45. The summed E-state index contributed by atoms with van der Waals surface area (Å²) in [4.78, 5) is 12.9. The van der Waals surface area contributed by atoms with Crippen LogP contribution in [-0.2, 0) is 16.1 Å². The smallest absolute Gasteiger partial charge is 0.334 e. The van der Waals surface area contributed by atoms with Gasteiger partial charge >= 0.3 is 5.97 Å². The second-order valence-corrected chi connectivity index (χ2v) is 4.43. The minimum atomic E-state index is -0.908. The highest BCUT2D eigenvalue weighted by atomic mass is 35.5. The molecule has 17 heavy (non-hydrogen) atoms. The van der Waals surface area contributed by atoms with Gasteiger partial charge in [0.05, 0.1) is 6.61 Å². The molecule has 1 aromatic carbocycles. The summed E-state index contributed by atoms with van der Waals surface area (Å²) in [6, 6.07) is 7.60. The Hall–Kier alpha value is -1.10. The Morgan fingerprint density at radius 2 is 2.29 bits per heavy atom. The molecule has 1 N–H and O–H groups in total. The molecular formula is C12H14ClNO3. The molecule has 2 rings (SSSR count). The Kier molecular flexibility index (Phi) is 3.99. The Balaban J connectivity index is 1.99. The number of hydrogen-bond acceptors (Lipinski definition) is 3. The minimum absolute atomic E-state index is 0.403. The molecule has 0 amide bonds. The average molecular weight is 256 g/mol. The van der Waals surface area contributed by atoms with Gasteiger partial charge in [-0.25, -0.2) is 4.79 Å². The summed E-state index contributed by atoms with van der Waals surface area (Å²) in [5.41, 5.74) is 1.01. The van der Waals surface area contributed by atoms with Gasteiger partial charge < -0.3 is 9.84 Å². The molecule has 1 fully saturated rings. The number of carbonyl (C=O) groups is 1. The van der Waals surface area contributed by atoms with Crippen molar-refractivity contribution in [2.75, 3.05) is 19.7 Å². The van der Waals surface area contributed by atoms with Gasteiger partial charge in [0, 0.05) is 24.7 Å². The van der Waals surface area contributed by atoms with Gasteiger partial charge in [0.2, 0.25) is 0 Å². The van der Waals surface area contributed by atoms with Crippen molar-refractivity contribution in [2.45, 2.75) is 12.6 Å². The minimum Gasteiger partial charge on any atom is -0.479 e. The van der Waals surface area contributed by atoms with Gasteiger partial charge in [-0.2, -0.15) is 0 Å². The van der Waals surface area contributed by atoms with Crippen LogP contribution in [0.5, 0.6) is 0 Å². The van der Waals surface area contributed by atoms with E-state index in [0.717, 1.165) is 12.1 Å². The highest BCUT2D eigenvalue weighted by Crippen LogP contribution is 2.18. The first-order chi connectivity index (χ1) is 8.16. The predicted molar refractivity (Wildman–Crippen MR) is 64.1 cm³/mol. The normalized spacial score (nSPS) is 21.4. The molecule has 1 aliphatic heterocycles. The number of aliphatic carboxylic acids is 1. The molecule has 4 nitrogen and oxygen atoms in total. The second kappa shape index (κ2) is 5.49. The number of ether oxygens (including phenoxy) is 1. The molecule has 1 atom stereocenters. The van der Waals surface area contributed by atoms with Gasteiger partial charge in [-0.1, -0.05) is 29.8 Å². The van der Waals surface area contributed by atoms with E-state index in [2.05, 4.69) is 0 Å². The van der Waals surface area contributed by atoms with Crippen molar-refractivity contribution in [1.29, 1.82) is 0 Å². The molecule has 0 saturated carbocycles. The van der Waals surface area contributed by atoms with Gasteiger partial charge in [0.1, 0.15) is 0 Å². The standard InChI is InChI=1S/C12H14ClNO3/c13-10-4-2-1-3-9(10)7-14-5-6-17-11(8-14)12(15)16/h1-4,11H,5-8H2,(H,15,16)/t11-/m1/s1. The van der Waals surface area contributed by atoms with Gasteiger partial charge in [-0.05, 0) is 11.6 Å². The summed E-state index contributed by atoms with van der Waals surface area (Å²) in [5, 5.41) is 9.61. The predicted octanol–water partition coefficient (Wildman–Crippen LogP) is 1.63. The fourth-order valence-corrected chi connectivity index (χ4v) is 2.06. The van der Waals surface area contributed by atoms with Crippen LogP contribution >= 0.6 is 11.6 Å². The quantitative estimate of drug-likeness (QED) is 0.892. The van der Waals surface area contributed by atoms with Crippen LogP contribution in [0.4, 0.5) is 0 Å². The van der Waals surface area contributed by atoms with Crippen molar-refractivity contribution in [2.24, 2.45) is 0 Å². The maximum atomic E-state index is 10.8. The zero-order valence-electron chi connectivity index (χ0n) is 9.30. The SMILES string of the molecule is O=C(O)[C@H]1CN(Cc2ccccc2Cl)CCO1. The van der Waals surface area contributed by atoms with Crippen LogP contribution < -0.4 is 0 Å². The Morgan fingerprint density at radius 3 is 3.00 bits per heavy atom. The molecule has 0 bridgehead atoms. The first kappa shape index (κ1) is 12.4. The summed E-state index contributed by atoms with van der Waals surface area (Å²) in [6.07, 6.45) is -0.730. The number of nitrogens with zero attached hydrogens (tertiary/aromatic N) is 1. The molecule has 0 aliphatic carbocycles. The number of benzene rings is 1. The summed E-state index contributed by atoms with van der Waals surface area (Å²) >= 11 is 6.07. The number of carboxylic acid groups (broad SMARTS) is 1. The molecule has 1 aliphatic rings. The van der Waals surface area contributed by atoms with Crippen LogP contribution in [0, 0.1) is 0 Å². The van der Waals surface area contributed by atoms with Crippen LogP contribution in [0.2, 0.25) is 5.02 Å². The fraction of sp³-hybridized carbons (Fsp3) is 0.417. The lowest BCUT2D eigenvalue weighted by molar-refractivity contribution is -0.156. The van der Waals surface area contributed by atoms with Crippen molar-refractivity contribution in [3.05, 3.63) is 34.9 Å². The van der Waals surface area contributed by atoms with E-state index >= 15 is 0 Å². The van der Waals surface area contributed by atoms with E-state index in [9.17, 15) is 4.79 Å². The third-order valence-corrected chi connectivity index (χ3v) is 3.15. The number of morpholine rings is 1. The first-order valence-corrected chi connectivity index (χ1v) is 5.85. The van der Waals surface area contributed by atoms with Crippen molar-refractivity contribution in [1.82, 2.24) is 4.90 Å². The van der Waals surface area contributed by atoms with Crippen molar-refractivity contribution < 1.29 is 14.6 Å². The largest absolute Gasteiger partial charge is 0.479 e. The zero-order valence-corrected chi connectivity index (χ0v) is 10.1.